The predicted molar refractivity (Wildman–Crippen MR) is 67.1 cm³/mol. The van der Waals surface area contributed by atoms with E-state index in [2.05, 4.69) is 31.0 Å². The number of halogens is 1. The van der Waals surface area contributed by atoms with Gasteiger partial charge in [0.2, 0.25) is 0 Å². The molecule has 0 aliphatic heterocycles. The van der Waals surface area contributed by atoms with Crippen LogP contribution >= 0.6 is 0 Å². The maximum Gasteiger partial charge on any atom is 0.123 e. The topological polar surface area (TPSA) is 54.7 Å². The first kappa shape index (κ1) is 11.6. The Morgan fingerprint density at radius 2 is 1.76 bits per heavy atom. The predicted octanol–water partition coefficient (Wildman–Crippen LogP) is 3.10. The lowest BCUT2D eigenvalue weighted by Gasteiger charge is -2.16. The van der Waals surface area contributed by atoms with Crippen molar-refractivity contribution >= 4 is 5.69 Å². The van der Waals surface area contributed by atoms with Crippen LogP contribution in [0, 0.1) is 5.82 Å². The molecule has 3 nitrogen and oxygen atoms in total. The van der Waals surface area contributed by atoms with E-state index >= 15 is 0 Å². The summed E-state index contributed by atoms with van der Waals surface area (Å²) in [7, 11) is 0. The summed E-state index contributed by atoms with van der Waals surface area (Å²) >= 11 is 0. The molecule has 0 saturated carbocycles. The van der Waals surface area contributed by atoms with Crippen molar-refractivity contribution in [2.75, 3.05) is 5.73 Å². The molecule has 1 aromatic heterocycles. The van der Waals surface area contributed by atoms with Gasteiger partial charge in [-0.1, -0.05) is 20.8 Å². The molecule has 3 N–H and O–H groups in total. The average molecular weight is 233 g/mol. The minimum absolute atomic E-state index is 0.0879. The highest BCUT2D eigenvalue weighted by atomic mass is 19.1. The van der Waals surface area contributed by atoms with E-state index in [4.69, 9.17) is 5.73 Å². The summed E-state index contributed by atoms with van der Waals surface area (Å²) in [6, 6.07) is 6.16. The highest BCUT2D eigenvalue weighted by Gasteiger charge is 2.22. The molecular formula is C13H16FN3. The van der Waals surface area contributed by atoms with Crippen molar-refractivity contribution in [2.45, 2.75) is 26.2 Å². The van der Waals surface area contributed by atoms with Gasteiger partial charge < -0.3 is 5.73 Å². The van der Waals surface area contributed by atoms with E-state index in [9.17, 15) is 4.39 Å². The third-order valence-corrected chi connectivity index (χ3v) is 2.67. The highest BCUT2D eigenvalue weighted by molar-refractivity contribution is 5.74. The molecule has 0 bridgehead atoms. The average Bonchev–Trinajstić information content (AvgIpc) is 2.61. The van der Waals surface area contributed by atoms with Crippen LogP contribution in [-0.4, -0.2) is 10.2 Å². The minimum Gasteiger partial charge on any atom is -0.395 e. The van der Waals surface area contributed by atoms with Gasteiger partial charge in [0, 0.05) is 11.0 Å². The fourth-order valence-corrected chi connectivity index (χ4v) is 1.75. The smallest absolute Gasteiger partial charge is 0.123 e. The number of rotatable bonds is 1. The number of hydrogen-bond acceptors (Lipinski definition) is 2. The number of benzene rings is 1. The number of nitrogens with one attached hydrogen (secondary N) is 1. The van der Waals surface area contributed by atoms with Crippen LogP contribution < -0.4 is 5.73 Å². The lowest BCUT2D eigenvalue weighted by atomic mass is 9.90. The van der Waals surface area contributed by atoms with Gasteiger partial charge in [0.05, 0.1) is 11.4 Å². The fraction of sp³-hybridized carbons (Fsp3) is 0.308. The molecule has 0 saturated heterocycles. The SMILES string of the molecule is CC(C)(C)c1[nH]nc(-c2ccc(F)cc2)c1N. The molecule has 1 heterocycles. The van der Waals surface area contributed by atoms with Crippen LogP contribution in [0.4, 0.5) is 10.1 Å². The van der Waals surface area contributed by atoms with Gasteiger partial charge in [0.25, 0.3) is 0 Å². The van der Waals surface area contributed by atoms with Crippen molar-refractivity contribution in [3.05, 3.63) is 35.8 Å². The lowest BCUT2D eigenvalue weighted by molar-refractivity contribution is 0.569. The van der Waals surface area contributed by atoms with Crippen molar-refractivity contribution in [1.29, 1.82) is 0 Å². The summed E-state index contributed by atoms with van der Waals surface area (Å²) in [5.74, 6) is -0.265. The van der Waals surface area contributed by atoms with Crippen molar-refractivity contribution in [2.24, 2.45) is 0 Å². The molecular weight excluding hydrogens is 217 g/mol. The molecule has 0 atom stereocenters. The zero-order valence-corrected chi connectivity index (χ0v) is 10.2. The van der Waals surface area contributed by atoms with Gasteiger partial charge in [0.15, 0.2) is 0 Å². The number of aromatic nitrogens is 2. The van der Waals surface area contributed by atoms with Crippen LogP contribution in [0.15, 0.2) is 24.3 Å². The highest BCUT2D eigenvalue weighted by Crippen LogP contribution is 2.32. The quantitative estimate of drug-likeness (QED) is 0.795. The summed E-state index contributed by atoms with van der Waals surface area (Å²) < 4.78 is 12.8. The standard InChI is InChI=1S/C13H16FN3/c1-13(2,3)12-10(15)11(16-17-12)8-4-6-9(14)7-5-8/h4-7H,15H2,1-3H3,(H,16,17). The van der Waals surface area contributed by atoms with Gasteiger partial charge in [-0.05, 0) is 24.3 Å². The first-order valence-electron chi connectivity index (χ1n) is 5.50. The molecule has 0 spiro atoms. The zero-order chi connectivity index (χ0) is 12.6. The van der Waals surface area contributed by atoms with Crippen molar-refractivity contribution in [3.63, 3.8) is 0 Å². The number of nitrogens with zero attached hydrogens (tertiary/aromatic N) is 1. The largest absolute Gasteiger partial charge is 0.395 e. The van der Waals surface area contributed by atoms with Crippen LogP contribution in [0.1, 0.15) is 26.5 Å². The fourth-order valence-electron chi connectivity index (χ4n) is 1.75. The maximum atomic E-state index is 12.8. The Kier molecular flexibility index (Phi) is 2.65. The van der Waals surface area contributed by atoms with Crippen LogP contribution in [-0.2, 0) is 5.41 Å². The molecule has 0 aliphatic rings. The van der Waals surface area contributed by atoms with E-state index in [1.807, 2.05) is 0 Å². The number of hydrogen-bond donors (Lipinski definition) is 2. The summed E-state index contributed by atoms with van der Waals surface area (Å²) in [5.41, 5.74) is 9.00. The third-order valence-electron chi connectivity index (χ3n) is 2.67. The monoisotopic (exact) mass is 233 g/mol. The van der Waals surface area contributed by atoms with Crippen molar-refractivity contribution in [3.8, 4) is 11.3 Å². The molecule has 0 fully saturated rings. The molecule has 0 amide bonds. The van der Waals surface area contributed by atoms with Gasteiger partial charge >= 0.3 is 0 Å². The van der Waals surface area contributed by atoms with Crippen LogP contribution in [0.25, 0.3) is 11.3 Å². The second-order valence-corrected chi connectivity index (χ2v) is 5.12. The van der Waals surface area contributed by atoms with Crippen molar-refractivity contribution in [1.82, 2.24) is 10.2 Å². The number of nitrogen functional groups attached to an aromatic ring is 1. The molecule has 4 heteroatoms. The van der Waals surface area contributed by atoms with Gasteiger partial charge in [-0.3, -0.25) is 5.10 Å². The Morgan fingerprint density at radius 1 is 1.18 bits per heavy atom. The summed E-state index contributed by atoms with van der Waals surface area (Å²) in [6.07, 6.45) is 0. The number of anilines is 1. The van der Waals surface area contributed by atoms with Gasteiger partial charge in [-0.25, -0.2) is 4.39 Å². The first-order chi connectivity index (χ1) is 7.89. The molecule has 1 aromatic carbocycles. The van der Waals surface area contributed by atoms with E-state index in [0.29, 0.717) is 11.4 Å². The second kappa shape index (κ2) is 3.87. The zero-order valence-electron chi connectivity index (χ0n) is 10.2. The Bertz CT molecular complexity index is 521. The van der Waals surface area contributed by atoms with Crippen LogP contribution in [0.5, 0.6) is 0 Å². The maximum absolute atomic E-state index is 12.8. The third kappa shape index (κ3) is 2.16. The van der Waals surface area contributed by atoms with E-state index in [1.165, 1.54) is 12.1 Å². The lowest BCUT2D eigenvalue weighted by Crippen LogP contribution is -2.13. The molecule has 90 valence electrons. The van der Waals surface area contributed by atoms with Gasteiger partial charge in [0.1, 0.15) is 11.5 Å². The number of nitrogens with two attached hydrogens (primary N) is 1. The van der Waals surface area contributed by atoms with Gasteiger partial charge in [-0.2, -0.15) is 5.10 Å². The Balaban J connectivity index is 2.48. The van der Waals surface area contributed by atoms with E-state index in [-0.39, 0.29) is 11.2 Å². The van der Waals surface area contributed by atoms with Crippen LogP contribution in [0.3, 0.4) is 0 Å². The normalized spacial score (nSPS) is 11.8. The minimum atomic E-state index is -0.265. The molecule has 0 radical (unpaired) electrons. The second-order valence-electron chi connectivity index (χ2n) is 5.12. The Hall–Kier alpha value is -1.84. The Morgan fingerprint density at radius 3 is 2.24 bits per heavy atom. The van der Waals surface area contributed by atoms with E-state index < -0.39 is 0 Å². The summed E-state index contributed by atoms with van der Waals surface area (Å²) in [5, 5.41) is 7.17. The van der Waals surface area contributed by atoms with Crippen LogP contribution in [0.2, 0.25) is 0 Å². The van der Waals surface area contributed by atoms with Gasteiger partial charge in [-0.15, -0.1) is 0 Å². The number of aromatic amines is 1. The molecule has 0 unspecified atom stereocenters. The summed E-state index contributed by atoms with van der Waals surface area (Å²) in [6.45, 7) is 6.18. The molecule has 2 aromatic rings. The molecule has 2 rings (SSSR count). The van der Waals surface area contributed by atoms with E-state index in [1.54, 1.807) is 12.1 Å². The Labute approximate surface area is 99.9 Å². The number of H-pyrrole nitrogens is 1. The molecule has 17 heavy (non-hydrogen) atoms. The van der Waals surface area contributed by atoms with Crippen molar-refractivity contribution < 1.29 is 4.39 Å². The first-order valence-corrected chi connectivity index (χ1v) is 5.50. The molecule has 0 aliphatic carbocycles. The summed E-state index contributed by atoms with van der Waals surface area (Å²) in [4.78, 5) is 0. The van der Waals surface area contributed by atoms with E-state index in [0.717, 1.165) is 11.3 Å².